The van der Waals surface area contributed by atoms with Crippen molar-refractivity contribution in [2.75, 3.05) is 19.5 Å². The summed E-state index contributed by atoms with van der Waals surface area (Å²) < 4.78 is 25.9. The molecule has 8 nitrogen and oxygen atoms in total. The highest BCUT2D eigenvalue weighted by Gasteiger charge is 2.19. The summed E-state index contributed by atoms with van der Waals surface area (Å²) in [7, 11) is 2.94. The van der Waals surface area contributed by atoms with E-state index in [2.05, 4.69) is 27.5 Å². The van der Waals surface area contributed by atoms with E-state index in [4.69, 9.17) is 21.7 Å². The number of anilines is 1. The van der Waals surface area contributed by atoms with E-state index in [0.717, 1.165) is 5.56 Å². The van der Waals surface area contributed by atoms with E-state index in [9.17, 15) is 14.0 Å². The number of carbonyl (C=O) groups is 2. The molecule has 0 aliphatic carbocycles. The smallest absolute Gasteiger partial charge is 0.254 e. The Hall–Kier alpha value is -4.57. The number of carbonyl (C=O) groups excluding carboxylic acids is 2. The number of ether oxygens (including phenoxy) is 2. The lowest BCUT2D eigenvalue weighted by Gasteiger charge is -2.16. The molecule has 3 aromatic rings. The Balaban J connectivity index is 1.72. The standard InChI is InChI=1S/C28H27FN4O4S/c1-5-31-23-16-25(36-4)21(27(35)30-3)15-20(23)17(2)37-24-12-11-19(14-22(24)29)32-28(38)33-26(34)13-18-9-7-6-8-10-18/h5-12,14-16H,2,13H2,1,3-4H3,(H,30,35)(H2,32,33,34,38)/b31-5-. The number of methoxy groups -OCH3 is 1. The van der Waals surface area contributed by atoms with Crippen LogP contribution in [0.5, 0.6) is 11.5 Å². The second kappa shape index (κ2) is 13.1. The number of nitrogens with one attached hydrogen (secondary N) is 3. The van der Waals surface area contributed by atoms with Crippen molar-refractivity contribution in [2.24, 2.45) is 4.99 Å². The van der Waals surface area contributed by atoms with E-state index in [0.29, 0.717) is 22.7 Å². The summed E-state index contributed by atoms with van der Waals surface area (Å²) in [5.74, 6) is -1.10. The van der Waals surface area contributed by atoms with Crippen molar-refractivity contribution in [3.8, 4) is 11.5 Å². The van der Waals surface area contributed by atoms with Gasteiger partial charge in [0.05, 0.1) is 24.8 Å². The maximum Gasteiger partial charge on any atom is 0.254 e. The molecule has 0 spiro atoms. The molecule has 3 rings (SSSR count). The molecule has 0 aliphatic heterocycles. The van der Waals surface area contributed by atoms with Gasteiger partial charge in [0.2, 0.25) is 5.91 Å². The van der Waals surface area contributed by atoms with Gasteiger partial charge in [-0.15, -0.1) is 0 Å². The van der Waals surface area contributed by atoms with E-state index in [1.165, 1.54) is 38.4 Å². The number of amides is 2. The van der Waals surface area contributed by atoms with E-state index in [-0.39, 0.29) is 40.4 Å². The summed E-state index contributed by atoms with van der Waals surface area (Å²) >= 11 is 5.17. The average Bonchev–Trinajstić information content (AvgIpc) is 2.90. The number of thiocarbonyl (C=S) groups is 1. The number of halogens is 1. The Kier molecular flexibility index (Phi) is 9.66. The maximum atomic E-state index is 14.9. The van der Waals surface area contributed by atoms with Crippen molar-refractivity contribution >= 4 is 52.5 Å². The van der Waals surface area contributed by atoms with Crippen LogP contribution in [0.4, 0.5) is 15.8 Å². The van der Waals surface area contributed by atoms with Crippen LogP contribution in [0.2, 0.25) is 0 Å². The minimum absolute atomic E-state index is 0.0328. The molecule has 0 atom stereocenters. The number of rotatable bonds is 9. The molecule has 0 saturated heterocycles. The summed E-state index contributed by atoms with van der Waals surface area (Å²) in [6.07, 6.45) is 1.72. The van der Waals surface area contributed by atoms with Gasteiger partial charge in [0.15, 0.2) is 16.7 Å². The molecule has 2 amide bonds. The second-order valence-electron chi connectivity index (χ2n) is 7.87. The largest absolute Gasteiger partial charge is 0.496 e. The van der Waals surface area contributed by atoms with Gasteiger partial charge >= 0.3 is 0 Å². The van der Waals surface area contributed by atoms with Gasteiger partial charge in [0.1, 0.15) is 11.5 Å². The van der Waals surface area contributed by atoms with Gasteiger partial charge in [0, 0.05) is 36.6 Å². The van der Waals surface area contributed by atoms with Gasteiger partial charge in [-0.05, 0) is 42.9 Å². The fraction of sp³-hybridized carbons (Fsp3) is 0.143. The predicted octanol–water partition coefficient (Wildman–Crippen LogP) is 5.02. The molecule has 0 fully saturated rings. The van der Waals surface area contributed by atoms with Crippen LogP contribution in [0.15, 0.2) is 72.2 Å². The van der Waals surface area contributed by atoms with Crippen molar-refractivity contribution in [3.63, 3.8) is 0 Å². The molecule has 196 valence electrons. The van der Waals surface area contributed by atoms with Crippen LogP contribution in [0.1, 0.15) is 28.4 Å². The summed E-state index contributed by atoms with van der Waals surface area (Å²) in [4.78, 5) is 28.8. The molecule has 3 N–H and O–H groups in total. The summed E-state index contributed by atoms with van der Waals surface area (Å²) in [5.41, 5.74) is 2.21. The molecule has 38 heavy (non-hydrogen) atoms. The van der Waals surface area contributed by atoms with E-state index < -0.39 is 5.82 Å². The first-order valence-electron chi connectivity index (χ1n) is 11.5. The quantitative estimate of drug-likeness (QED) is 0.202. The number of nitrogens with zero attached hydrogens (tertiary/aromatic N) is 1. The van der Waals surface area contributed by atoms with Gasteiger partial charge in [-0.2, -0.15) is 0 Å². The Morgan fingerprint density at radius 1 is 1.08 bits per heavy atom. The van der Waals surface area contributed by atoms with Gasteiger partial charge in [0.25, 0.3) is 5.91 Å². The monoisotopic (exact) mass is 534 g/mol. The zero-order valence-electron chi connectivity index (χ0n) is 21.1. The number of hydrogen-bond acceptors (Lipinski definition) is 6. The Morgan fingerprint density at radius 2 is 1.82 bits per heavy atom. The van der Waals surface area contributed by atoms with Crippen LogP contribution in [0, 0.1) is 5.82 Å². The zero-order valence-corrected chi connectivity index (χ0v) is 21.9. The van der Waals surface area contributed by atoms with Gasteiger partial charge < -0.3 is 25.4 Å². The Bertz CT molecular complexity index is 1390. The molecular weight excluding hydrogens is 507 g/mol. The van der Waals surface area contributed by atoms with Crippen molar-refractivity contribution in [3.05, 3.63) is 89.8 Å². The van der Waals surface area contributed by atoms with Crippen LogP contribution in [-0.2, 0) is 11.2 Å². The van der Waals surface area contributed by atoms with E-state index >= 15 is 0 Å². The average molecular weight is 535 g/mol. The van der Waals surface area contributed by atoms with Crippen molar-refractivity contribution in [1.82, 2.24) is 10.6 Å². The van der Waals surface area contributed by atoms with Crippen LogP contribution < -0.4 is 25.4 Å². The molecule has 0 heterocycles. The highest BCUT2D eigenvalue weighted by Crippen LogP contribution is 2.35. The molecule has 0 unspecified atom stereocenters. The van der Waals surface area contributed by atoms with E-state index in [1.807, 2.05) is 30.3 Å². The molecular formula is C28H27FN4O4S. The molecule has 0 radical (unpaired) electrons. The molecule has 0 saturated carbocycles. The van der Waals surface area contributed by atoms with Crippen LogP contribution in [0.3, 0.4) is 0 Å². The third-order valence-corrected chi connectivity index (χ3v) is 5.45. The summed E-state index contributed by atoms with van der Waals surface area (Å²) in [5, 5.41) is 7.93. The fourth-order valence-corrected chi connectivity index (χ4v) is 3.71. The molecule has 0 aromatic heterocycles. The highest BCUT2D eigenvalue weighted by molar-refractivity contribution is 7.80. The third-order valence-electron chi connectivity index (χ3n) is 5.24. The van der Waals surface area contributed by atoms with Gasteiger partial charge in [-0.25, -0.2) is 4.39 Å². The number of hydrogen-bond donors (Lipinski definition) is 3. The summed E-state index contributed by atoms with van der Waals surface area (Å²) in [6.45, 7) is 5.63. The molecule has 0 bridgehead atoms. The Morgan fingerprint density at radius 3 is 2.45 bits per heavy atom. The number of benzene rings is 3. The lowest BCUT2D eigenvalue weighted by Crippen LogP contribution is -2.35. The first-order valence-corrected chi connectivity index (χ1v) is 11.9. The lowest BCUT2D eigenvalue weighted by molar-refractivity contribution is -0.119. The minimum Gasteiger partial charge on any atom is -0.496 e. The first-order chi connectivity index (χ1) is 18.2. The molecule has 3 aromatic carbocycles. The van der Waals surface area contributed by atoms with Crippen LogP contribution in [0.25, 0.3) is 5.76 Å². The SMILES string of the molecule is C=C(Oc1ccc(NC(=S)NC(=O)Cc2ccccc2)cc1F)c1cc(C(=O)NC)c(OC)cc1/N=C\C. The Labute approximate surface area is 225 Å². The summed E-state index contributed by atoms with van der Waals surface area (Å²) in [6, 6.07) is 16.4. The molecule has 0 aliphatic rings. The van der Waals surface area contributed by atoms with Crippen molar-refractivity contribution < 1.29 is 23.5 Å². The normalized spacial score (nSPS) is 10.5. The topological polar surface area (TPSA) is 101 Å². The predicted molar refractivity (Wildman–Crippen MR) is 151 cm³/mol. The van der Waals surface area contributed by atoms with Crippen molar-refractivity contribution in [2.45, 2.75) is 13.3 Å². The van der Waals surface area contributed by atoms with E-state index in [1.54, 1.807) is 19.2 Å². The second-order valence-corrected chi connectivity index (χ2v) is 8.28. The minimum atomic E-state index is -0.699. The molecule has 10 heteroatoms. The third kappa shape index (κ3) is 7.23. The maximum absolute atomic E-state index is 14.9. The zero-order chi connectivity index (χ0) is 27.7. The lowest BCUT2D eigenvalue weighted by atomic mass is 10.1. The van der Waals surface area contributed by atoms with Crippen LogP contribution >= 0.6 is 12.2 Å². The fourth-order valence-electron chi connectivity index (χ4n) is 3.48. The number of aliphatic imine (C=N–C) groups is 1. The van der Waals surface area contributed by atoms with Crippen molar-refractivity contribution in [1.29, 1.82) is 0 Å². The van der Waals surface area contributed by atoms with Crippen LogP contribution in [-0.4, -0.2) is 37.3 Å². The highest BCUT2D eigenvalue weighted by atomic mass is 32.1. The van der Waals surface area contributed by atoms with Gasteiger partial charge in [-0.1, -0.05) is 36.9 Å². The van der Waals surface area contributed by atoms with Gasteiger partial charge in [-0.3, -0.25) is 14.6 Å². The first kappa shape index (κ1) is 28.0.